The van der Waals surface area contributed by atoms with Gasteiger partial charge in [0, 0.05) is 17.7 Å². The number of benzene rings is 2. The summed E-state index contributed by atoms with van der Waals surface area (Å²) in [6, 6.07) is 11.1. The van der Waals surface area contributed by atoms with Crippen LogP contribution in [0, 0.1) is 24.0 Å². The number of carbonyl (C=O) groups is 1. The molecule has 8 nitrogen and oxygen atoms in total. The lowest BCUT2D eigenvalue weighted by molar-refractivity contribution is -0.384. The number of nitro groups is 1. The van der Waals surface area contributed by atoms with Crippen LogP contribution in [-0.2, 0) is 9.63 Å². The van der Waals surface area contributed by atoms with E-state index in [9.17, 15) is 14.9 Å². The van der Waals surface area contributed by atoms with E-state index in [-0.39, 0.29) is 23.7 Å². The van der Waals surface area contributed by atoms with Crippen LogP contribution in [0.1, 0.15) is 16.7 Å². The first-order valence-electron chi connectivity index (χ1n) is 7.35. The van der Waals surface area contributed by atoms with Gasteiger partial charge in [0.2, 0.25) is 0 Å². The lowest BCUT2D eigenvalue weighted by Crippen LogP contribution is -2.18. The van der Waals surface area contributed by atoms with E-state index in [1.807, 2.05) is 26.0 Å². The van der Waals surface area contributed by atoms with Gasteiger partial charge in [-0.1, -0.05) is 35.0 Å². The Bertz CT molecular complexity index is 833. The van der Waals surface area contributed by atoms with Crippen LogP contribution in [0.5, 0.6) is 5.75 Å². The number of hydrogen-bond donors (Lipinski definition) is 1. The number of carbonyl (C=O) groups excluding carboxylic acids is 1. The van der Waals surface area contributed by atoms with Crippen molar-refractivity contribution in [2.24, 2.45) is 10.9 Å². The molecule has 0 saturated carbocycles. The van der Waals surface area contributed by atoms with Crippen molar-refractivity contribution in [3.05, 3.63) is 69.3 Å². The predicted octanol–water partition coefficient (Wildman–Crippen LogP) is 2.45. The number of nitro benzene ring substituents is 1. The molecule has 0 amide bonds. The summed E-state index contributed by atoms with van der Waals surface area (Å²) in [6.07, 6.45) is 0. The van der Waals surface area contributed by atoms with Crippen LogP contribution in [0.25, 0.3) is 0 Å². The van der Waals surface area contributed by atoms with E-state index in [0.717, 1.165) is 11.1 Å². The van der Waals surface area contributed by atoms with Gasteiger partial charge in [0.25, 0.3) is 5.69 Å². The van der Waals surface area contributed by atoms with E-state index in [4.69, 9.17) is 10.5 Å². The molecule has 0 fully saturated rings. The fraction of sp³-hybridized carbons (Fsp3) is 0.176. The van der Waals surface area contributed by atoms with Crippen molar-refractivity contribution in [2.45, 2.75) is 13.8 Å². The first kappa shape index (κ1) is 17.9. The number of non-ortho nitro benzene ring substituents is 1. The summed E-state index contributed by atoms with van der Waals surface area (Å²) < 4.78 is 5.37. The van der Waals surface area contributed by atoms with Crippen molar-refractivity contribution >= 4 is 17.5 Å². The predicted molar refractivity (Wildman–Crippen MR) is 91.3 cm³/mol. The number of hydrogen-bond acceptors (Lipinski definition) is 6. The number of aryl methyl sites for hydroxylation is 2. The normalized spacial score (nSPS) is 11.0. The quantitative estimate of drug-likeness (QED) is 0.283. The van der Waals surface area contributed by atoms with Crippen LogP contribution in [0.2, 0.25) is 0 Å². The van der Waals surface area contributed by atoms with Gasteiger partial charge in [-0.2, -0.15) is 0 Å². The zero-order valence-electron chi connectivity index (χ0n) is 13.8. The van der Waals surface area contributed by atoms with Gasteiger partial charge >= 0.3 is 5.97 Å². The fourth-order valence-corrected chi connectivity index (χ4v) is 2.06. The molecule has 0 aromatic heterocycles. The summed E-state index contributed by atoms with van der Waals surface area (Å²) in [6.45, 7) is 3.48. The van der Waals surface area contributed by atoms with Gasteiger partial charge in [0.15, 0.2) is 12.4 Å². The SMILES string of the molecule is Cc1ccc(OCC(=O)O/N=C(\N)c2cccc([N+](=O)[O-])c2)c(C)c1. The van der Waals surface area contributed by atoms with Gasteiger partial charge in [-0.05, 0) is 25.5 Å². The van der Waals surface area contributed by atoms with E-state index in [1.165, 1.54) is 24.3 Å². The molecule has 0 aliphatic carbocycles. The Hall–Kier alpha value is -3.42. The van der Waals surface area contributed by atoms with Crippen molar-refractivity contribution in [1.82, 2.24) is 0 Å². The summed E-state index contributed by atoms with van der Waals surface area (Å²) in [4.78, 5) is 26.5. The number of nitrogens with two attached hydrogens (primary N) is 1. The molecule has 0 spiro atoms. The van der Waals surface area contributed by atoms with Crippen LogP contribution < -0.4 is 10.5 Å². The van der Waals surface area contributed by atoms with E-state index in [1.54, 1.807) is 6.07 Å². The monoisotopic (exact) mass is 343 g/mol. The largest absolute Gasteiger partial charge is 0.482 e. The molecule has 2 aromatic rings. The van der Waals surface area contributed by atoms with Gasteiger partial charge < -0.3 is 15.3 Å². The third-order valence-electron chi connectivity index (χ3n) is 3.27. The molecule has 8 heteroatoms. The van der Waals surface area contributed by atoms with E-state index >= 15 is 0 Å². The molecule has 0 bridgehead atoms. The molecule has 25 heavy (non-hydrogen) atoms. The highest BCUT2D eigenvalue weighted by molar-refractivity contribution is 5.97. The first-order chi connectivity index (χ1) is 11.9. The zero-order chi connectivity index (χ0) is 18.4. The third kappa shape index (κ3) is 5.03. The van der Waals surface area contributed by atoms with Crippen LogP contribution in [0.3, 0.4) is 0 Å². The zero-order valence-corrected chi connectivity index (χ0v) is 13.8. The molecule has 2 N–H and O–H groups in total. The molecular formula is C17H17N3O5. The summed E-state index contributed by atoms with van der Waals surface area (Å²) in [7, 11) is 0. The minimum atomic E-state index is -0.742. The second kappa shape index (κ2) is 7.91. The standard InChI is InChI=1S/C17H17N3O5/c1-11-6-7-15(12(2)8-11)24-10-16(21)25-19-17(18)13-4-3-5-14(9-13)20(22)23/h3-9H,10H2,1-2H3,(H2,18,19). The van der Waals surface area contributed by atoms with Crippen LogP contribution >= 0.6 is 0 Å². The molecular weight excluding hydrogens is 326 g/mol. The van der Waals surface area contributed by atoms with Crippen molar-refractivity contribution < 1.29 is 19.3 Å². The van der Waals surface area contributed by atoms with E-state index < -0.39 is 10.9 Å². The maximum Gasteiger partial charge on any atom is 0.372 e. The Labute approximate surface area is 144 Å². The Morgan fingerprint density at radius 3 is 2.68 bits per heavy atom. The number of ether oxygens (including phenoxy) is 1. The Balaban J connectivity index is 1.95. The first-order valence-corrected chi connectivity index (χ1v) is 7.35. The van der Waals surface area contributed by atoms with E-state index in [0.29, 0.717) is 5.75 Å². The highest BCUT2D eigenvalue weighted by Crippen LogP contribution is 2.18. The average Bonchev–Trinajstić information content (AvgIpc) is 2.59. The third-order valence-corrected chi connectivity index (χ3v) is 3.27. The maximum atomic E-state index is 11.7. The second-order valence-electron chi connectivity index (χ2n) is 5.30. The maximum absolute atomic E-state index is 11.7. The van der Waals surface area contributed by atoms with Gasteiger partial charge in [0.1, 0.15) is 5.75 Å². The highest BCUT2D eigenvalue weighted by atomic mass is 16.7. The van der Waals surface area contributed by atoms with Crippen molar-refractivity contribution in [3.63, 3.8) is 0 Å². The Morgan fingerprint density at radius 2 is 2.00 bits per heavy atom. The lowest BCUT2D eigenvalue weighted by atomic mass is 10.1. The average molecular weight is 343 g/mol. The molecule has 0 heterocycles. The molecule has 0 saturated heterocycles. The Morgan fingerprint density at radius 1 is 1.24 bits per heavy atom. The summed E-state index contributed by atoms with van der Waals surface area (Å²) in [5.74, 6) is -0.324. The lowest BCUT2D eigenvalue weighted by Gasteiger charge is -2.08. The molecule has 0 radical (unpaired) electrons. The minimum absolute atomic E-state index is 0.139. The van der Waals surface area contributed by atoms with Gasteiger partial charge in [0.05, 0.1) is 4.92 Å². The smallest absolute Gasteiger partial charge is 0.372 e. The highest BCUT2D eigenvalue weighted by Gasteiger charge is 2.10. The van der Waals surface area contributed by atoms with Gasteiger partial charge in [-0.3, -0.25) is 10.1 Å². The van der Waals surface area contributed by atoms with Gasteiger partial charge in [-0.15, -0.1) is 0 Å². The molecule has 130 valence electrons. The topological polar surface area (TPSA) is 117 Å². The summed E-state index contributed by atoms with van der Waals surface area (Å²) in [5, 5.41) is 14.2. The van der Waals surface area contributed by atoms with Crippen LogP contribution in [0.15, 0.2) is 47.6 Å². The summed E-state index contributed by atoms with van der Waals surface area (Å²) >= 11 is 0. The molecule has 2 aromatic carbocycles. The van der Waals surface area contributed by atoms with Crippen LogP contribution in [0.4, 0.5) is 5.69 Å². The van der Waals surface area contributed by atoms with Crippen LogP contribution in [-0.4, -0.2) is 23.3 Å². The second-order valence-corrected chi connectivity index (χ2v) is 5.30. The number of nitrogens with zero attached hydrogens (tertiary/aromatic N) is 2. The van der Waals surface area contributed by atoms with Crippen molar-refractivity contribution in [3.8, 4) is 5.75 Å². The number of amidine groups is 1. The summed E-state index contributed by atoms with van der Waals surface area (Å²) in [5.41, 5.74) is 7.79. The number of oxime groups is 1. The van der Waals surface area contributed by atoms with E-state index in [2.05, 4.69) is 9.99 Å². The number of rotatable bonds is 6. The Kier molecular flexibility index (Phi) is 5.67. The molecule has 0 aliphatic rings. The van der Waals surface area contributed by atoms with Gasteiger partial charge in [-0.25, -0.2) is 4.79 Å². The molecule has 0 aliphatic heterocycles. The molecule has 2 rings (SSSR count). The van der Waals surface area contributed by atoms with Crippen molar-refractivity contribution in [2.75, 3.05) is 6.61 Å². The van der Waals surface area contributed by atoms with Crippen molar-refractivity contribution in [1.29, 1.82) is 0 Å². The fourth-order valence-electron chi connectivity index (χ4n) is 2.06. The molecule has 0 unspecified atom stereocenters. The molecule has 0 atom stereocenters. The minimum Gasteiger partial charge on any atom is -0.482 e.